The molecular weight excluding hydrogens is 260 g/mol. The molecule has 0 saturated carbocycles. The molecule has 0 saturated heterocycles. The third kappa shape index (κ3) is 4.16. The highest BCUT2D eigenvalue weighted by Gasteiger charge is 2.17. The zero-order valence-corrected chi connectivity index (χ0v) is 12.8. The second-order valence-corrected chi connectivity index (χ2v) is 7.07. The summed E-state index contributed by atoms with van der Waals surface area (Å²) < 4.78 is 25.1. The molecular formula is C14H22N2O2S. The van der Waals surface area contributed by atoms with Crippen LogP contribution in [0.2, 0.25) is 0 Å². The fraction of sp³-hybridized carbons (Fsp3) is 0.429. The van der Waals surface area contributed by atoms with Gasteiger partial charge in [-0.05, 0) is 31.5 Å². The van der Waals surface area contributed by atoms with Crippen LogP contribution >= 0.6 is 0 Å². The van der Waals surface area contributed by atoms with E-state index >= 15 is 0 Å². The van der Waals surface area contributed by atoms with Crippen molar-refractivity contribution in [3.63, 3.8) is 0 Å². The van der Waals surface area contributed by atoms with E-state index in [1.54, 1.807) is 12.1 Å². The third-order valence-corrected chi connectivity index (χ3v) is 4.70. The number of hydrogen-bond acceptors (Lipinski definition) is 3. The summed E-state index contributed by atoms with van der Waals surface area (Å²) in [5.41, 5.74) is 2.12. The Hall–Kier alpha value is -1.17. The summed E-state index contributed by atoms with van der Waals surface area (Å²) in [5.74, 6) is 0. The zero-order chi connectivity index (χ0) is 14.6. The van der Waals surface area contributed by atoms with Crippen molar-refractivity contribution in [1.29, 1.82) is 0 Å². The first kappa shape index (κ1) is 15.9. The predicted octanol–water partition coefficient (Wildman–Crippen LogP) is 2.16. The monoisotopic (exact) mass is 282 g/mol. The zero-order valence-electron chi connectivity index (χ0n) is 12.0. The molecule has 0 heterocycles. The lowest BCUT2D eigenvalue weighted by molar-refractivity contribution is 0.520. The van der Waals surface area contributed by atoms with Crippen molar-refractivity contribution >= 4 is 10.0 Å². The summed E-state index contributed by atoms with van der Waals surface area (Å²) in [6.07, 6.45) is 0. The minimum Gasteiger partial charge on any atom is -0.306 e. The standard InChI is InChI=1S/C14H22N2O2S/c1-11(2)10-15-12(3)13-6-8-14(9-7-13)19(17,18)16(4)5/h6-9,12,15H,1,10H2,2-5H3. The van der Waals surface area contributed by atoms with E-state index in [0.29, 0.717) is 4.90 Å². The highest BCUT2D eigenvalue weighted by atomic mass is 32.2. The molecule has 1 rings (SSSR count). The molecule has 19 heavy (non-hydrogen) atoms. The van der Waals surface area contributed by atoms with Crippen molar-refractivity contribution in [2.45, 2.75) is 24.8 Å². The van der Waals surface area contributed by atoms with Crippen LogP contribution in [-0.2, 0) is 10.0 Å². The van der Waals surface area contributed by atoms with Gasteiger partial charge in [0.1, 0.15) is 0 Å². The lowest BCUT2D eigenvalue weighted by Gasteiger charge is -2.16. The van der Waals surface area contributed by atoms with Gasteiger partial charge < -0.3 is 5.32 Å². The van der Waals surface area contributed by atoms with Gasteiger partial charge in [0.2, 0.25) is 10.0 Å². The summed E-state index contributed by atoms with van der Waals surface area (Å²) in [6, 6.07) is 7.12. The van der Waals surface area contributed by atoms with Gasteiger partial charge in [-0.2, -0.15) is 0 Å². The summed E-state index contributed by atoms with van der Waals surface area (Å²) >= 11 is 0. The molecule has 1 aromatic carbocycles. The van der Waals surface area contributed by atoms with Crippen LogP contribution in [0.4, 0.5) is 0 Å². The number of benzene rings is 1. The van der Waals surface area contributed by atoms with Crippen LogP contribution in [0.1, 0.15) is 25.5 Å². The Kier molecular flexibility index (Phi) is 5.29. The van der Waals surface area contributed by atoms with Crippen LogP contribution in [0.3, 0.4) is 0 Å². The number of hydrogen-bond donors (Lipinski definition) is 1. The van der Waals surface area contributed by atoms with Gasteiger partial charge in [-0.15, -0.1) is 0 Å². The van der Waals surface area contributed by atoms with Gasteiger partial charge in [0, 0.05) is 26.7 Å². The molecule has 0 radical (unpaired) electrons. The number of rotatable bonds is 6. The van der Waals surface area contributed by atoms with E-state index in [0.717, 1.165) is 17.7 Å². The minimum absolute atomic E-state index is 0.160. The van der Waals surface area contributed by atoms with E-state index in [1.165, 1.54) is 18.4 Å². The molecule has 1 unspecified atom stereocenters. The molecule has 4 nitrogen and oxygen atoms in total. The Morgan fingerprint density at radius 3 is 2.26 bits per heavy atom. The van der Waals surface area contributed by atoms with E-state index in [4.69, 9.17) is 0 Å². The molecule has 1 N–H and O–H groups in total. The lowest BCUT2D eigenvalue weighted by atomic mass is 10.1. The molecule has 0 fully saturated rings. The highest BCUT2D eigenvalue weighted by molar-refractivity contribution is 7.89. The maximum atomic E-state index is 11.9. The minimum atomic E-state index is -3.35. The van der Waals surface area contributed by atoms with Crippen molar-refractivity contribution in [3.8, 4) is 0 Å². The van der Waals surface area contributed by atoms with Crippen LogP contribution < -0.4 is 5.32 Å². The molecule has 0 spiro atoms. The van der Waals surface area contributed by atoms with Gasteiger partial charge in [-0.1, -0.05) is 24.3 Å². The molecule has 0 aromatic heterocycles. The topological polar surface area (TPSA) is 49.4 Å². The maximum Gasteiger partial charge on any atom is 0.242 e. The van der Waals surface area contributed by atoms with Gasteiger partial charge >= 0.3 is 0 Å². The van der Waals surface area contributed by atoms with Crippen LogP contribution in [-0.4, -0.2) is 33.4 Å². The Morgan fingerprint density at radius 1 is 1.32 bits per heavy atom. The van der Waals surface area contributed by atoms with Crippen LogP contribution in [0.25, 0.3) is 0 Å². The highest BCUT2D eigenvalue weighted by Crippen LogP contribution is 2.18. The number of nitrogens with zero attached hydrogens (tertiary/aromatic N) is 1. The predicted molar refractivity (Wildman–Crippen MR) is 78.5 cm³/mol. The molecule has 0 aliphatic carbocycles. The SMILES string of the molecule is C=C(C)CNC(C)c1ccc(S(=O)(=O)N(C)C)cc1. The maximum absolute atomic E-state index is 11.9. The van der Waals surface area contributed by atoms with Crippen molar-refractivity contribution in [3.05, 3.63) is 42.0 Å². The fourth-order valence-electron chi connectivity index (χ4n) is 1.58. The smallest absolute Gasteiger partial charge is 0.242 e. The summed E-state index contributed by atoms with van der Waals surface area (Å²) in [4.78, 5) is 0.313. The van der Waals surface area contributed by atoms with E-state index in [-0.39, 0.29) is 6.04 Å². The molecule has 0 aliphatic heterocycles. The quantitative estimate of drug-likeness (QED) is 0.814. The molecule has 0 aliphatic rings. The third-order valence-electron chi connectivity index (χ3n) is 2.87. The first-order chi connectivity index (χ1) is 8.75. The Morgan fingerprint density at radius 2 is 1.84 bits per heavy atom. The summed E-state index contributed by atoms with van der Waals surface area (Å²) in [7, 11) is -0.290. The van der Waals surface area contributed by atoms with Crippen molar-refractivity contribution < 1.29 is 8.42 Å². The number of sulfonamides is 1. The van der Waals surface area contributed by atoms with E-state index in [9.17, 15) is 8.42 Å². The van der Waals surface area contributed by atoms with Gasteiger partial charge in [0.05, 0.1) is 4.90 Å². The van der Waals surface area contributed by atoms with Crippen LogP contribution in [0, 0.1) is 0 Å². The van der Waals surface area contributed by atoms with Gasteiger partial charge in [-0.25, -0.2) is 12.7 Å². The second kappa shape index (κ2) is 6.32. The summed E-state index contributed by atoms with van der Waals surface area (Å²) in [5, 5.41) is 3.32. The van der Waals surface area contributed by atoms with E-state index in [1.807, 2.05) is 26.0 Å². The molecule has 1 aromatic rings. The molecule has 0 amide bonds. The lowest BCUT2D eigenvalue weighted by Crippen LogP contribution is -2.23. The average molecular weight is 282 g/mol. The van der Waals surface area contributed by atoms with Crippen molar-refractivity contribution in [2.24, 2.45) is 0 Å². The average Bonchev–Trinajstić information content (AvgIpc) is 2.35. The fourth-order valence-corrected chi connectivity index (χ4v) is 2.49. The van der Waals surface area contributed by atoms with Crippen molar-refractivity contribution in [1.82, 2.24) is 9.62 Å². The Balaban J connectivity index is 2.85. The first-order valence-electron chi connectivity index (χ1n) is 6.15. The molecule has 106 valence electrons. The Labute approximate surface area is 116 Å². The van der Waals surface area contributed by atoms with Gasteiger partial charge in [0.25, 0.3) is 0 Å². The molecule has 5 heteroatoms. The normalized spacial score (nSPS) is 13.5. The number of nitrogens with one attached hydrogen (secondary N) is 1. The second-order valence-electron chi connectivity index (χ2n) is 4.92. The molecule has 1 atom stereocenters. The van der Waals surface area contributed by atoms with Crippen molar-refractivity contribution in [2.75, 3.05) is 20.6 Å². The van der Waals surface area contributed by atoms with Crippen LogP contribution in [0.15, 0.2) is 41.3 Å². The van der Waals surface area contributed by atoms with Crippen LogP contribution in [0.5, 0.6) is 0 Å². The van der Waals surface area contributed by atoms with Gasteiger partial charge in [-0.3, -0.25) is 0 Å². The van der Waals surface area contributed by atoms with Gasteiger partial charge in [0.15, 0.2) is 0 Å². The van der Waals surface area contributed by atoms with E-state index < -0.39 is 10.0 Å². The molecule has 0 bridgehead atoms. The largest absolute Gasteiger partial charge is 0.306 e. The summed E-state index contributed by atoms with van der Waals surface area (Å²) in [6.45, 7) is 8.59. The first-order valence-corrected chi connectivity index (χ1v) is 7.59. The Bertz CT molecular complexity index is 533. The van der Waals surface area contributed by atoms with E-state index in [2.05, 4.69) is 11.9 Å².